The van der Waals surface area contributed by atoms with E-state index in [9.17, 15) is 8.42 Å². The van der Waals surface area contributed by atoms with Gasteiger partial charge in [0.1, 0.15) is 0 Å². The summed E-state index contributed by atoms with van der Waals surface area (Å²) in [6.45, 7) is 6.56. The Bertz CT molecular complexity index is 896. The number of rotatable bonds is 5. The Morgan fingerprint density at radius 2 is 1.39 bits per heavy atom. The molecule has 2 saturated heterocycles. The maximum Gasteiger partial charge on any atom is 0.282 e. The topological polar surface area (TPSA) is 47.1 Å². The molecule has 2 aliphatic rings. The lowest BCUT2D eigenvalue weighted by molar-refractivity contribution is 0.171. The van der Waals surface area contributed by atoms with Crippen molar-refractivity contribution in [2.75, 3.05) is 66.0 Å². The average Bonchev–Trinajstić information content (AvgIpc) is 2.73. The van der Waals surface area contributed by atoms with Crippen molar-refractivity contribution in [3.8, 4) is 0 Å². The molecule has 7 heteroatoms. The summed E-state index contributed by atoms with van der Waals surface area (Å²) >= 11 is 0. The number of hydrogen-bond acceptors (Lipinski definition) is 4. The van der Waals surface area contributed by atoms with E-state index in [1.165, 1.54) is 16.3 Å². The molecule has 0 N–H and O–H groups in total. The molecule has 4 rings (SSSR count). The average molecular weight is 403 g/mol. The summed E-state index contributed by atoms with van der Waals surface area (Å²) in [5.41, 5.74) is 1.37. The van der Waals surface area contributed by atoms with Gasteiger partial charge in [-0.3, -0.25) is 0 Å². The molecule has 0 amide bonds. The molecule has 0 aliphatic carbocycles. The van der Waals surface area contributed by atoms with Crippen LogP contribution in [0.1, 0.15) is 5.56 Å². The molecule has 0 aromatic heterocycles. The van der Waals surface area contributed by atoms with E-state index in [2.05, 4.69) is 52.3 Å². The van der Waals surface area contributed by atoms with Crippen LogP contribution < -0.4 is 0 Å². The van der Waals surface area contributed by atoms with E-state index in [4.69, 9.17) is 0 Å². The van der Waals surface area contributed by atoms with Crippen molar-refractivity contribution in [3.63, 3.8) is 0 Å². The molecule has 6 nitrogen and oxygen atoms in total. The molecular formula is C21H30N4O2S. The molecule has 0 radical (unpaired) electrons. The highest BCUT2D eigenvalue weighted by Gasteiger charge is 2.33. The summed E-state index contributed by atoms with van der Waals surface area (Å²) in [5.74, 6) is 0. The Balaban J connectivity index is 1.32. The molecule has 0 atom stereocenters. The van der Waals surface area contributed by atoms with Gasteiger partial charge in [-0.15, -0.1) is 0 Å². The van der Waals surface area contributed by atoms with E-state index in [0.29, 0.717) is 26.2 Å². The van der Waals surface area contributed by atoms with E-state index in [-0.39, 0.29) is 0 Å². The fourth-order valence-electron chi connectivity index (χ4n) is 4.16. The molecule has 0 bridgehead atoms. The molecule has 28 heavy (non-hydrogen) atoms. The second kappa shape index (κ2) is 8.47. The smallest absolute Gasteiger partial charge is 0.282 e. The third-order valence-electron chi connectivity index (χ3n) is 6.02. The van der Waals surface area contributed by atoms with Crippen molar-refractivity contribution in [1.82, 2.24) is 18.4 Å². The standard InChI is InChI=1S/C21H30N4O2S/c1-22-11-15-24(16-12-22)28(26,27)25-17-13-23(14-18-25)10-9-20-7-4-6-19-5-2-3-8-21(19)20/h2-8H,9-18H2,1H3. The largest absolute Gasteiger partial charge is 0.304 e. The molecule has 2 fully saturated rings. The zero-order chi connectivity index (χ0) is 19.6. The van der Waals surface area contributed by atoms with E-state index in [1.54, 1.807) is 8.61 Å². The summed E-state index contributed by atoms with van der Waals surface area (Å²) in [6.07, 6.45) is 0.993. The highest BCUT2D eigenvalue weighted by molar-refractivity contribution is 7.86. The molecule has 152 valence electrons. The van der Waals surface area contributed by atoms with Crippen LogP contribution in [0.3, 0.4) is 0 Å². The first-order valence-corrected chi connectivity index (χ1v) is 11.6. The molecule has 2 aromatic rings. The fraction of sp³-hybridized carbons (Fsp3) is 0.524. The lowest BCUT2D eigenvalue weighted by Crippen LogP contribution is -2.56. The van der Waals surface area contributed by atoms with Crippen LogP contribution in [-0.4, -0.2) is 92.8 Å². The number of hydrogen-bond donors (Lipinski definition) is 0. The first-order chi connectivity index (χ1) is 13.5. The van der Waals surface area contributed by atoms with E-state index < -0.39 is 10.2 Å². The second-order valence-corrected chi connectivity index (χ2v) is 9.77. The van der Waals surface area contributed by atoms with Gasteiger partial charge >= 0.3 is 0 Å². The van der Waals surface area contributed by atoms with Crippen molar-refractivity contribution in [2.24, 2.45) is 0 Å². The zero-order valence-electron chi connectivity index (χ0n) is 16.6. The zero-order valence-corrected chi connectivity index (χ0v) is 17.4. The van der Waals surface area contributed by atoms with Crippen LogP contribution in [0.5, 0.6) is 0 Å². The summed E-state index contributed by atoms with van der Waals surface area (Å²) in [5, 5.41) is 2.60. The first-order valence-electron chi connectivity index (χ1n) is 10.2. The summed E-state index contributed by atoms with van der Waals surface area (Å²) in [6, 6.07) is 15.0. The van der Waals surface area contributed by atoms with Gasteiger partial charge in [-0.1, -0.05) is 42.5 Å². The third-order valence-corrected chi connectivity index (χ3v) is 8.06. The Hall–Kier alpha value is -1.51. The second-order valence-electron chi connectivity index (χ2n) is 7.84. The maximum atomic E-state index is 12.9. The first kappa shape index (κ1) is 19.8. The number of fused-ring (bicyclic) bond motifs is 1. The highest BCUT2D eigenvalue weighted by atomic mass is 32.2. The summed E-state index contributed by atoms with van der Waals surface area (Å²) in [4.78, 5) is 4.56. The van der Waals surface area contributed by atoms with Gasteiger partial charge in [0.05, 0.1) is 0 Å². The van der Waals surface area contributed by atoms with Crippen LogP contribution in [-0.2, 0) is 16.6 Å². The van der Waals surface area contributed by atoms with Crippen molar-refractivity contribution in [3.05, 3.63) is 48.0 Å². The predicted octanol–water partition coefficient (Wildman–Crippen LogP) is 1.49. The van der Waals surface area contributed by atoms with E-state index >= 15 is 0 Å². The van der Waals surface area contributed by atoms with Crippen LogP contribution in [0.15, 0.2) is 42.5 Å². The van der Waals surface area contributed by atoms with Gasteiger partial charge in [0.2, 0.25) is 0 Å². The Kier molecular flexibility index (Phi) is 5.99. The van der Waals surface area contributed by atoms with Crippen LogP contribution in [0.4, 0.5) is 0 Å². The van der Waals surface area contributed by atoms with Gasteiger partial charge in [-0.2, -0.15) is 17.0 Å². The van der Waals surface area contributed by atoms with Gasteiger partial charge in [0.15, 0.2) is 0 Å². The monoisotopic (exact) mass is 402 g/mol. The predicted molar refractivity (Wildman–Crippen MR) is 114 cm³/mol. The summed E-state index contributed by atoms with van der Waals surface area (Å²) < 4.78 is 29.1. The van der Waals surface area contributed by atoms with Crippen LogP contribution in [0.2, 0.25) is 0 Å². The van der Waals surface area contributed by atoms with Gasteiger partial charge in [-0.05, 0) is 29.8 Å². The van der Waals surface area contributed by atoms with E-state index in [1.807, 2.05) is 7.05 Å². The molecule has 2 heterocycles. The Morgan fingerprint density at radius 1 is 0.786 bits per heavy atom. The molecular weight excluding hydrogens is 372 g/mol. The molecule has 2 aromatic carbocycles. The highest BCUT2D eigenvalue weighted by Crippen LogP contribution is 2.20. The van der Waals surface area contributed by atoms with Crippen LogP contribution >= 0.6 is 0 Å². The molecule has 0 spiro atoms. The minimum absolute atomic E-state index is 0.588. The van der Waals surface area contributed by atoms with Crippen molar-refractivity contribution in [2.45, 2.75) is 6.42 Å². The Labute approximate surface area is 168 Å². The molecule has 2 aliphatic heterocycles. The lowest BCUT2D eigenvalue weighted by atomic mass is 10.0. The van der Waals surface area contributed by atoms with Gasteiger partial charge in [0.25, 0.3) is 10.2 Å². The number of likely N-dealkylation sites (N-methyl/N-ethyl adjacent to an activating group) is 1. The minimum atomic E-state index is -3.31. The fourth-order valence-corrected chi connectivity index (χ4v) is 5.73. The van der Waals surface area contributed by atoms with E-state index in [0.717, 1.165) is 39.1 Å². The number of benzene rings is 2. The van der Waals surface area contributed by atoms with Crippen molar-refractivity contribution >= 4 is 21.0 Å². The van der Waals surface area contributed by atoms with Crippen molar-refractivity contribution < 1.29 is 8.42 Å². The van der Waals surface area contributed by atoms with Gasteiger partial charge in [0, 0.05) is 58.9 Å². The number of nitrogens with zero attached hydrogens (tertiary/aromatic N) is 4. The van der Waals surface area contributed by atoms with Crippen LogP contribution in [0, 0.1) is 0 Å². The molecule has 0 unspecified atom stereocenters. The summed E-state index contributed by atoms with van der Waals surface area (Å²) in [7, 11) is -1.27. The molecule has 0 saturated carbocycles. The maximum absolute atomic E-state index is 12.9. The minimum Gasteiger partial charge on any atom is -0.304 e. The normalized spacial score (nSPS) is 21.3. The third kappa shape index (κ3) is 4.23. The van der Waals surface area contributed by atoms with Gasteiger partial charge < -0.3 is 9.80 Å². The van der Waals surface area contributed by atoms with Crippen molar-refractivity contribution in [1.29, 1.82) is 0 Å². The van der Waals surface area contributed by atoms with Gasteiger partial charge in [-0.25, -0.2) is 0 Å². The van der Waals surface area contributed by atoms with Crippen LogP contribution in [0.25, 0.3) is 10.8 Å². The Morgan fingerprint density at radius 3 is 2.11 bits per heavy atom. The quantitative estimate of drug-likeness (QED) is 0.760. The number of piperazine rings is 2. The SMILES string of the molecule is CN1CCN(S(=O)(=O)N2CCN(CCc3cccc4ccccc34)CC2)CC1. The lowest BCUT2D eigenvalue weighted by Gasteiger charge is -2.39.